The summed E-state index contributed by atoms with van der Waals surface area (Å²) in [6, 6.07) is 7.02. The van der Waals surface area contributed by atoms with Gasteiger partial charge in [0.05, 0.1) is 12.4 Å². The lowest BCUT2D eigenvalue weighted by molar-refractivity contribution is 0.0219. The van der Waals surface area contributed by atoms with Crippen molar-refractivity contribution in [3.8, 4) is 5.75 Å². The summed E-state index contributed by atoms with van der Waals surface area (Å²) in [5, 5.41) is 0. The highest BCUT2D eigenvalue weighted by atomic mass is 32.2. The quantitative estimate of drug-likeness (QED) is 0.536. The first kappa shape index (κ1) is 24.0. The molecule has 1 aromatic rings. The molecule has 0 saturated carbocycles. The molecule has 0 aromatic heterocycles. The van der Waals surface area contributed by atoms with Gasteiger partial charge in [-0.2, -0.15) is 4.31 Å². The van der Waals surface area contributed by atoms with Crippen molar-refractivity contribution in [2.45, 2.75) is 76.8 Å². The molecule has 32 heavy (non-hydrogen) atoms. The summed E-state index contributed by atoms with van der Waals surface area (Å²) in [6.45, 7) is 6.16. The van der Waals surface area contributed by atoms with Crippen molar-refractivity contribution < 1.29 is 13.2 Å². The largest absolute Gasteiger partial charge is 0.494 e. The summed E-state index contributed by atoms with van der Waals surface area (Å²) in [7, 11) is -3.24. The van der Waals surface area contributed by atoms with Crippen LogP contribution in [0.1, 0.15) is 75.5 Å². The van der Waals surface area contributed by atoms with Crippen LogP contribution in [0.15, 0.2) is 18.2 Å². The number of hydrogen-bond donors (Lipinski definition) is 1. The van der Waals surface area contributed by atoms with Crippen LogP contribution in [0.2, 0.25) is 0 Å². The first-order chi connectivity index (χ1) is 15.5. The van der Waals surface area contributed by atoms with Crippen molar-refractivity contribution in [3.05, 3.63) is 29.3 Å². The number of rotatable bonds is 10. The number of piperidine rings is 2. The number of unbranched alkanes of at least 4 members (excludes halogenated alkanes) is 3. The molecule has 6 nitrogen and oxygen atoms in total. The zero-order valence-corrected chi connectivity index (χ0v) is 20.5. The van der Waals surface area contributed by atoms with Crippen molar-refractivity contribution in [3.63, 3.8) is 0 Å². The molecule has 3 aliphatic rings. The van der Waals surface area contributed by atoms with Crippen LogP contribution in [0.5, 0.6) is 5.75 Å². The summed E-state index contributed by atoms with van der Waals surface area (Å²) < 4.78 is 34.0. The van der Waals surface area contributed by atoms with Crippen LogP contribution >= 0.6 is 0 Å². The minimum absolute atomic E-state index is 0.119. The van der Waals surface area contributed by atoms with Crippen molar-refractivity contribution in [1.29, 1.82) is 0 Å². The number of ether oxygens (including phenoxy) is 1. The van der Waals surface area contributed by atoms with E-state index in [0.717, 1.165) is 57.6 Å². The van der Waals surface area contributed by atoms with Gasteiger partial charge in [0, 0.05) is 31.7 Å². The topological polar surface area (TPSA) is 75.9 Å². The molecule has 2 saturated heterocycles. The summed E-state index contributed by atoms with van der Waals surface area (Å²) in [4.78, 5) is 2.60. The van der Waals surface area contributed by atoms with Crippen LogP contribution in [0, 0.1) is 5.92 Å². The second-order valence-electron chi connectivity index (χ2n) is 9.80. The van der Waals surface area contributed by atoms with Crippen LogP contribution in [0.3, 0.4) is 0 Å². The van der Waals surface area contributed by atoms with E-state index in [1.54, 1.807) is 0 Å². The van der Waals surface area contributed by atoms with Crippen LogP contribution in [-0.2, 0) is 16.4 Å². The van der Waals surface area contributed by atoms with E-state index in [-0.39, 0.29) is 11.8 Å². The lowest BCUT2D eigenvalue weighted by atomic mass is 9.77. The molecule has 0 amide bonds. The smallest absolute Gasteiger partial charge is 0.214 e. The van der Waals surface area contributed by atoms with Gasteiger partial charge in [-0.25, -0.2) is 8.42 Å². The Hall–Kier alpha value is -1.15. The number of fused-ring (bicyclic) bond motifs is 4. The minimum Gasteiger partial charge on any atom is -0.494 e. The molecule has 3 atom stereocenters. The molecule has 0 aliphatic carbocycles. The van der Waals surface area contributed by atoms with Gasteiger partial charge in [0.15, 0.2) is 0 Å². The van der Waals surface area contributed by atoms with Gasteiger partial charge in [0.2, 0.25) is 10.0 Å². The van der Waals surface area contributed by atoms with E-state index in [0.29, 0.717) is 31.5 Å². The van der Waals surface area contributed by atoms with E-state index in [1.165, 1.54) is 30.4 Å². The fourth-order valence-corrected chi connectivity index (χ4v) is 7.77. The van der Waals surface area contributed by atoms with Gasteiger partial charge in [-0.05, 0) is 74.2 Å². The Balaban J connectivity index is 1.46. The van der Waals surface area contributed by atoms with Crippen LogP contribution in [0.4, 0.5) is 0 Å². The minimum atomic E-state index is -3.24. The molecule has 3 aliphatic heterocycles. The lowest BCUT2D eigenvalue weighted by Crippen LogP contribution is -2.57. The Morgan fingerprint density at radius 1 is 1.16 bits per heavy atom. The predicted molar refractivity (Wildman–Crippen MR) is 129 cm³/mol. The molecule has 180 valence electrons. The number of nitrogens with two attached hydrogens (primary N) is 1. The third kappa shape index (κ3) is 5.32. The average molecular weight is 464 g/mol. The van der Waals surface area contributed by atoms with E-state index in [1.807, 2.05) is 4.31 Å². The Morgan fingerprint density at radius 3 is 2.84 bits per heavy atom. The second-order valence-corrected chi connectivity index (χ2v) is 11.8. The van der Waals surface area contributed by atoms with Crippen LogP contribution < -0.4 is 10.5 Å². The van der Waals surface area contributed by atoms with Crippen molar-refractivity contribution in [2.75, 3.05) is 38.5 Å². The molecule has 2 fully saturated rings. The fraction of sp³-hybridized carbons (Fsp3) is 0.760. The third-order valence-electron chi connectivity index (χ3n) is 7.61. The van der Waals surface area contributed by atoms with Gasteiger partial charge in [0.25, 0.3) is 0 Å². The standard InChI is InChI=1S/C25H41N3O3S/c1-2-3-4-5-15-31-22-9-10-23-20(17-22)11-14-27-19-21-8-6-13-28(24(21)18-25(23)27)32(29,30)16-7-12-26/h9-10,17,21,24-25H,2-8,11-16,18-19,26H2,1H3/t21-,24+,25+/m1/s1. The number of nitrogens with zero attached hydrogens (tertiary/aromatic N) is 2. The predicted octanol–water partition coefficient (Wildman–Crippen LogP) is 3.71. The maximum atomic E-state index is 13.1. The highest BCUT2D eigenvalue weighted by Crippen LogP contribution is 2.44. The SMILES string of the molecule is CCCCCCOc1ccc2c(c1)CCN1C[C@H]3CCCN(S(=O)(=O)CCCN)[C@H]3C[C@@H]21. The first-order valence-corrected chi connectivity index (χ1v) is 14.3. The normalized spacial score (nSPS) is 26.2. The molecule has 3 heterocycles. The Morgan fingerprint density at radius 2 is 2.03 bits per heavy atom. The maximum absolute atomic E-state index is 13.1. The molecule has 7 heteroatoms. The van der Waals surface area contributed by atoms with E-state index < -0.39 is 10.0 Å². The second kappa shape index (κ2) is 10.9. The van der Waals surface area contributed by atoms with Gasteiger partial charge in [0.1, 0.15) is 5.75 Å². The number of sulfonamides is 1. The molecule has 0 spiro atoms. The van der Waals surface area contributed by atoms with E-state index in [4.69, 9.17) is 10.5 Å². The van der Waals surface area contributed by atoms with Crippen molar-refractivity contribution in [2.24, 2.45) is 11.7 Å². The number of hydrogen-bond acceptors (Lipinski definition) is 5. The Bertz CT molecular complexity index is 860. The summed E-state index contributed by atoms with van der Waals surface area (Å²) >= 11 is 0. The van der Waals surface area contributed by atoms with Crippen LogP contribution in [-0.4, -0.2) is 62.2 Å². The fourth-order valence-electron chi connectivity index (χ4n) is 5.93. The van der Waals surface area contributed by atoms with E-state index in [9.17, 15) is 8.42 Å². The molecule has 1 aromatic carbocycles. The summed E-state index contributed by atoms with van der Waals surface area (Å²) in [5.74, 6) is 1.60. The van der Waals surface area contributed by atoms with E-state index in [2.05, 4.69) is 30.0 Å². The Kier molecular flexibility index (Phi) is 8.13. The highest BCUT2D eigenvalue weighted by Gasteiger charge is 2.45. The van der Waals surface area contributed by atoms with Crippen molar-refractivity contribution in [1.82, 2.24) is 9.21 Å². The third-order valence-corrected chi connectivity index (χ3v) is 9.59. The molecular formula is C25H41N3O3S. The van der Waals surface area contributed by atoms with Gasteiger partial charge in [-0.15, -0.1) is 0 Å². The van der Waals surface area contributed by atoms with Gasteiger partial charge in [-0.3, -0.25) is 4.90 Å². The van der Waals surface area contributed by atoms with E-state index >= 15 is 0 Å². The summed E-state index contributed by atoms with van der Waals surface area (Å²) in [5.41, 5.74) is 8.35. The monoisotopic (exact) mass is 463 g/mol. The van der Waals surface area contributed by atoms with Crippen LogP contribution in [0.25, 0.3) is 0 Å². The molecule has 4 rings (SSSR count). The number of benzene rings is 1. The zero-order valence-electron chi connectivity index (χ0n) is 19.7. The van der Waals surface area contributed by atoms with Gasteiger partial charge >= 0.3 is 0 Å². The molecular weight excluding hydrogens is 422 g/mol. The molecule has 2 N–H and O–H groups in total. The molecule has 0 unspecified atom stereocenters. The average Bonchev–Trinajstić information content (AvgIpc) is 2.80. The maximum Gasteiger partial charge on any atom is 0.214 e. The summed E-state index contributed by atoms with van der Waals surface area (Å²) in [6.07, 6.45) is 9.44. The van der Waals surface area contributed by atoms with Crippen molar-refractivity contribution >= 4 is 10.0 Å². The first-order valence-electron chi connectivity index (χ1n) is 12.7. The lowest BCUT2D eigenvalue weighted by Gasteiger charge is -2.51. The molecule has 0 bridgehead atoms. The molecule has 0 radical (unpaired) electrons. The zero-order chi connectivity index (χ0) is 22.6. The Labute approximate surface area is 194 Å². The van der Waals surface area contributed by atoms with Gasteiger partial charge in [-0.1, -0.05) is 32.3 Å². The highest BCUT2D eigenvalue weighted by molar-refractivity contribution is 7.89. The van der Waals surface area contributed by atoms with Gasteiger partial charge < -0.3 is 10.5 Å².